The number of amides is 1. The van der Waals surface area contributed by atoms with Gasteiger partial charge in [-0.05, 0) is 40.5 Å². The molecule has 0 fully saturated rings. The molecule has 0 radical (unpaired) electrons. The third kappa shape index (κ3) is 3.39. The van der Waals surface area contributed by atoms with Crippen molar-refractivity contribution in [3.63, 3.8) is 0 Å². The molecule has 0 aliphatic carbocycles. The zero-order valence-electron chi connectivity index (χ0n) is 8.26. The number of nitrogens with two attached hydrogens (primary N) is 1. The minimum atomic E-state index is -0.375. The van der Waals surface area contributed by atoms with Crippen molar-refractivity contribution in [3.05, 3.63) is 27.7 Å². The van der Waals surface area contributed by atoms with Crippen LogP contribution in [0, 0.1) is 0 Å². The van der Waals surface area contributed by atoms with Crippen LogP contribution in [-0.2, 0) is 4.79 Å². The zero-order valence-corrected chi connectivity index (χ0v) is 10.6. The SMILES string of the molecule is CCC(Nc1cc(Cl)ccc1Br)C(N)=O. The Labute approximate surface area is 102 Å². The highest BCUT2D eigenvalue weighted by molar-refractivity contribution is 9.10. The molecule has 0 aromatic heterocycles. The summed E-state index contributed by atoms with van der Waals surface area (Å²) in [6.07, 6.45) is 0.633. The number of anilines is 1. The Morgan fingerprint density at radius 2 is 2.33 bits per heavy atom. The molecule has 3 nitrogen and oxygen atoms in total. The molecule has 82 valence electrons. The van der Waals surface area contributed by atoms with Gasteiger partial charge in [0, 0.05) is 9.50 Å². The lowest BCUT2D eigenvalue weighted by atomic mass is 10.2. The predicted octanol–water partition coefficient (Wildman–Crippen LogP) is 2.78. The van der Waals surface area contributed by atoms with Gasteiger partial charge in [-0.1, -0.05) is 18.5 Å². The molecule has 3 N–H and O–H groups in total. The van der Waals surface area contributed by atoms with Gasteiger partial charge in [0.2, 0.25) is 5.91 Å². The highest BCUT2D eigenvalue weighted by Gasteiger charge is 2.13. The Bertz CT molecular complexity index is 370. The summed E-state index contributed by atoms with van der Waals surface area (Å²) >= 11 is 9.21. The first kappa shape index (κ1) is 12.3. The smallest absolute Gasteiger partial charge is 0.239 e. The molecular weight excluding hydrogens is 279 g/mol. The van der Waals surface area contributed by atoms with E-state index in [1.165, 1.54) is 0 Å². The predicted molar refractivity (Wildman–Crippen MR) is 66.0 cm³/mol. The van der Waals surface area contributed by atoms with Crippen molar-refractivity contribution in [2.75, 3.05) is 5.32 Å². The molecule has 0 bridgehead atoms. The highest BCUT2D eigenvalue weighted by atomic mass is 79.9. The summed E-state index contributed by atoms with van der Waals surface area (Å²) in [6.45, 7) is 1.89. The fourth-order valence-corrected chi connectivity index (χ4v) is 1.70. The third-order valence-electron chi connectivity index (χ3n) is 2.01. The minimum absolute atomic E-state index is 0.371. The number of primary amides is 1. The summed E-state index contributed by atoms with van der Waals surface area (Å²) in [4.78, 5) is 11.0. The summed E-state index contributed by atoms with van der Waals surface area (Å²) in [6, 6.07) is 4.96. The van der Waals surface area contributed by atoms with Crippen molar-refractivity contribution >= 4 is 39.1 Å². The number of rotatable bonds is 4. The van der Waals surface area contributed by atoms with E-state index in [1.807, 2.05) is 13.0 Å². The van der Waals surface area contributed by atoms with Gasteiger partial charge in [0.05, 0.1) is 5.69 Å². The Balaban J connectivity index is 2.87. The van der Waals surface area contributed by atoms with Crippen molar-refractivity contribution in [2.45, 2.75) is 19.4 Å². The van der Waals surface area contributed by atoms with Gasteiger partial charge in [0.25, 0.3) is 0 Å². The molecule has 5 heteroatoms. The lowest BCUT2D eigenvalue weighted by Gasteiger charge is -2.16. The zero-order chi connectivity index (χ0) is 11.4. The second-order valence-electron chi connectivity index (χ2n) is 3.13. The van der Waals surface area contributed by atoms with Crippen LogP contribution in [0.25, 0.3) is 0 Å². The molecule has 0 saturated carbocycles. The number of carbonyl (C=O) groups excluding carboxylic acids is 1. The molecule has 1 aromatic carbocycles. The van der Waals surface area contributed by atoms with Crippen LogP contribution in [0.3, 0.4) is 0 Å². The van der Waals surface area contributed by atoms with Crippen molar-refractivity contribution < 1.29 is 4.79 Å². The maximum absolute atomic E-state index is 11.0. The number of hydrogen-bond acceptors (Lipinski definition) is 2. The van der Waals surface area contributed by atoms with Crippen molar-refractivity contribution in [1.29, 1.82) is 0 Å². The first-order chi connectivity index (χ1) is 7.04. The number of benzene rings is 1. The fraction of sp³-hybridized carbons (Fsp3) is 0.300. The maximum atomic E-state index is 11.0. The molecule has 0 saturated heterocycles. The van der Waals surface area contributed by atoms with Crippen molar-refractivity contribution in [2.24, 2.45) is 5.73 Å². The van der Waals surface area contributed by atoms with Crippen LogP contribution < -0.4 is 11.1 Å². The lowest BCUT2D eigenvalue weighted by Crippen LogP contribution is -2.34. The average Bonchev–Trinajstić information content (AvgIpc) is 2.18. The van der Waals surface area contributed by atoms with Gasteiger partial charge in [-0.2, -0.15) is 0 Å². The molecule has 1 rings (SSSR count). The lowest BCUT2D eigenvalue weighted by molar-refractivity contribution is -0.118. The van der Waals surface area contributed by atoms with E-state index < -0.39 is 0 Å². The molecule has 0 aliphatic heterocycles. The molecule has 0 spiro atoms. The topological polar surface area (TPSA) is 55.1 Å². The highest BCUT2D eigenvalue weighted by Crippen LogP contribution is 2.26. The van der Waals surface area contributed by atoms with Gasteiger partial charge in [-0.25, -0.2) is 0 Å². The van der Waals surface area contributed by atoms with Crippen molar-refractivity contribution in [1.82, 2.24) is 0 Å². The fourth-order valence-electron chi connectivity index (χ4n) is 1.17. The van der Waals surface area contributed by atoms with Gasteiger partial charge in [-0.15, -0.1) is 0 Å². The first-order valence-corrected chi connectivity index (χ1v) is 5.72. The summed E-state index contributed by atoms with van der Waals surface area (Å²) in [5, 5.41) is 3.64. The summed E-state index contributed by atoms with van der Waals surface area (Å²) in [7, 11) is 0. The van der Waals surface area contributed by atoms with E-state index in [-0.39, 0.29) is 11.9 Å². The maximum Gasteiger partial charge on any atom is 0.239 e. The van der Waals surface area contributed by atoms with Crippen LogP contribution in [0.2, 0.25) is 5.02 Å². The van der Waals surface area contributed by atoms with E-state index in [0.29, 0.717) is 11.4 Å². The van der Waals surface area contributed by atoms with E-state index in [4.69, 9.17) is 17.3 Å². The Morgan fingerprint density at radius 1 is 1.67 bits per heavy atom. The Morgan fingerprint density at radius 3 is 2.87 bits per heavy atom. The first-order valence-electron chi connectivity index (χ1n) is 4.55. The summed E-state index contributed by atoms with van der Waals surface area (Å²) in [5.74, 6) is -0.371. The average molecular weight is 292 g/mol. The molecule has 1 unspecified atom stereocenters. The largest absolute Gasteiger partial charge is 0.373 e. The summed E-state index contributed by atoms with van der Waals surface area (Å²) < 4.78 is 0.853. The molecule has 1 atom stereocenters. The second kappa shape index (κ2) is 5.37. The van der Waals surface area contributed by atoms with Gasteiger partial charge >= 0.3 is 0 Å². The second-order valence-corrected chi connectivity index (χ2v) is 4.42. The normalized spacial score (nSPS) is 12.2. The van der Waals surface area contributed by atoms with Crippen LogP contribution in [0.4, 0.5) is 5.69 Å². The van der Waals surface area contributed by atoms with Gasteiger partial charge in [-0.3, -0.25) is 4.79 Å². The van der Waals surface area contributed by atoms with Crippen LogP contribution in [-0.4, -0.2) is 11.9 Å². The molecule has 1 amide bonds. The standard InChI is InChI=1S/C10H12BrClN2O/c1-2-8(10(13)15)14-9-5-6(12)3-4-7(9)11/h3-5,8,14H,2H2,1H3,(H2,13,15). The Kier molecular flexibility index (Phi) is 4.42. The van der Waals surface area contributed by atoms with E-state index >= 15 is 0 Å². The molecule has 1 aromatic rings. The third-order valence-corrected chi connectivity index (χ3v) is 2.94. The van der Waals surface area contributed by atoms with Gasteiger partial charge in [0.1, 0.15) is 6.04 Å². The molecule has 0 aliphatic rings. The van der Waals surface area contributed by atoms with Gasteiger partial charge < -0.3 is 11.1 Å². The monoisotopic (exact) mass is 290 g/mol. The van der Waals surface area contributed by atoms with E-state index in [0.717, 1.165) is 10.2 Å². The minimum Gasteiger partial charge on any atom is -0.373 e. The molecule has 15 heavy (non-hydrogen) atoms. The van der Waals surface area contributed by atoms with Crippen LogP contribution in [0.15, 0.2) is 22.7 Å². The van der Waals surface area contributed by atoms with E-state index in [2.05, 4.69) is 21.2 Å². The van der Waals surface area contributed by atoms with Crippen LogP contribution in [0.1, 0.15) is 13.3 Å². The molecular formula is C10H12BrClN2O. The molecule has 0 heterocycles. The number of hydrogen-bond donors (Lipinski definition) is 2. The number of nitrogens with one attached hydrogen (secondary N) is 1. The van der Waals surface area contributed by atoms with Crippen molar-refractivity contribution in [3.8, 4) is 0 Å². The summed E-state index contributed by atoms with van der Waals surface area (Å²) in [5.41, 5.74) is 6.00. The van der Waals surface area contributed by atoms with Crippen LogP contribution >= 0.6 is 27.5 Å². The number of carbonyl (C=O) groups is 1. The quantitative estimate of drug-likeness (QED) is 0.896. The van der Waals surface area contributed by atoms with E-state index in [1.54, 1.807) is 12.1 Å². The number of halogens is 2. The van der Waals surface area contributed by atoms with Crippen LogP contribution in [0.5, 0.6) is 0 Å². The van der Waals surface area contributed by atoms with E-state index in [9.17, 15) is 4.79 Å². The van der Waals surface area contributed by atoms with Gasteiger partial charge in [0.15, 0.2) is 0 Å². The Hall–Kier alpha value is -0.740.